The molecule has 2 unspecified atom stereocenters. The van der Waals surface area contributed by atoms with Crippen LogP contribution in [0.15, 0.2) is 0 Å². The van der Waals surface area contributed by atoms with E-state index in [9.17, 15) is 0 Å². The van der Waals surface area contributed by atoms with Crippen LogP contribution in [0, 0.1) is 11.3 Å². The lowest BCUT2D eigenvalue weighted by Crippen LogP contribution is -2.43. The van der Waals surface area contributed by atoms with Gasteiger partial charge in [-0.3, -0.25) is 0 Å². The summed E-state index contributed by atoms with van der Waals surface area (Å²) in [4.78, 5) is 2.23. The summed E-state index contributed by atoms with van der Waals surface area (Å²) in [6.45, 7) is 6.83. The molecule has 1 rings (SSSR count). The molecule has 0 aromatic rings. The van der Waals surface area contributed by atoms with Crippen LogP contribution in [-0.4, -0.2) is 49.8 Å². The number of hydrogen-bond acceptors (Lipinski definition) is 3. The molecule has 15 heavy (non-hydrogen) atoms. The van der Waals surface area contributed by atoms with E-state index in [0.29, 0.717) is 11.5 Å². The van der Waals surface area contributed by atoms with Crippen LogP contribution in [0.3, 0.4) is 0 Å². The molecule has 0 saturated heterocycles. The Morgan fingerprint density at radius 2 is 2.13 bits per heavy atom. The van der Waals surface area contributed by atoms with Crippen molar-refractivity contribution in [3.8, 4) is 0 Å². The van der Waals surface area contributed by atoms with Gasteiger partial charge in [-0.25, -0.2) is 0 Å². The highest BCUT2D eigenvalue weighted by Crippen LogP contribution is 2.41. The van der Waals surface area contributed by atoms with Crippen molar-refractivity contribution in [1.82, 2.24) is 10.2 Å². The minimum atomic E-state index is 0.261. The molecule has 3 nitrogen and oxygen atoms in total. The highest BCUT2D eigenvalue weighted by molar-refractivity contribution is 4.96. The second-order valence-electron chi connectivity index (χ2n) is 5.54. The number of likely N-dealkylation sites (N-methyl/N-ethyl adjacent to an activating group) is 1. The number of aliphatic hydroxyl groups is 1. The molecule has 0 bridgehead atoms. The van der Waals surface area contributed by atoms with Crippen LogP contribution < -0.4 is 5.32 Å². The van der Waals surface area contributed by atoms with Gasteiger partial charge in [0.25, 0.3) is 0 Å². The van der Waals surface area contributed by atoms with Crippen molar-refractivity contribution in [3.63, 3.8) is 0 Å². The largest absolute Gasteiger partial charge is 0.395 e. The normalized spacial score (nSPS) is 30.0. The van der Waals surface area contributed by atoms with Gasteiger partial charge in [0.15, 0.2) is 0 Å². The minimum absolute atomic E-state index is 0.261. The van der Waals surface area contributed by atoms with Crippen molar-refractivity contribution in [1.29, 1.82) is 0 Å². The Labute approximate surface area is 93.9 Å². The average molecular weight is 214 g/mol. The second-order valence-corrected chi connectivity index (χ2v) is 5.54. The van der Waals surface area contributed by atoms with Gasteiger partial charge in [0, 0.05) is 19.1 Å². The van der Waals surface area contributed by atoms with Crippen molar-refractivity contribution < 1.29 is 5.11 Å². The molecule has 0 aromatic carbocycles. The van der Waals surface area contributed by atoms with Crippen LogP contribution in [0.5, 0.6) is 0 Å². The van der Waals surface area contributed by atoms with E-state index >= 15 is 0 Å². The predicted molar refractivity (Wildman–Crippen MR) is 63.9 cm³/mol. The fraction of sp³-hybridized carbons (Fsp3) is 1.00. The van der Waals surface area contributed by atoms with Crippen LogP contribution in [0.2, 0.25) is 0 Å². The van der Waals surface area contributed by atoms with Crippen molar-refractivity contribution in [2.24, 2.45) is 11.3 Å². The van der Waals surface area contributed by atoms with Gasteiger partial charge in [0.05, 0.1) is 6.61 Å². The van der Waals surface area contributed by atoms with E-state index in [0.717, 1.165) is 19.0 Å². The molecule has 90 valence electrons. The van der Waals surface area contributed by atoms with Gasteiger partial charge in [-0.1, -0.05) is 13.8 Å². The van der Waals surface area contributed by atoms with Crippen LogP contribution in [0.1, 0.15) is 26.7 Å². The highest BCUT2D eigenvalue weighted by Gasteiger charge is 2.40. The third-order valence-corrected chi connectivity index (χ3v) is 3.81. The van der Waals surface area contributed by atoms with Crippen LogP contribution in [-0.2, 0) is 0 Å². The van der Waals surface area contributed by atoms with Crippen molar-refractivity contribution in [2.75, 3.05) is 33.8 Å². The third kappa shape index (κ3) is 3.16. The molecule has 3 heteroatoms. The van der Waals surface area contributed by atoms with E-state index in [-0.39, 0.29) is 6.61 Å². The molecular formula is C12H26N2O. The van der Waals surface area contributed by atoms with Gasteiger partial charge in [-0.05, 0) is 38.3 Å². The first-order chi connectivity index (χ1) is 7.01. The topological polar surface area (TPSA) is 35.5 Å². The molecule has 0 heterocycles. The second kappa shape index (κ2) is 5.28. The first-order valence-electron chi connectivity index (χ1n) is 5.98. The standard InChI is InChI=1S/C12H26N2O/c1-12(2)6-5-10(11(12)13-3)9-14(4)7-8-15/h10-11,13,15H,5-9H2,1-4H3. The maximum atomic E-state index is 8.88. The fourth-order valence-electron chi connectivity index (χ4n) is 3.00. The number of nitrogens with zero attached hydrogens (tertiary/aromatic N) is 1. The van der Waals surface area contributed by atoms with Crippen molar-refractivity contribution in [2.45, 2.75) is 32.7 Å². The maximum Gasteiger partial charge on any atom is 0.0558 e. The summed E-state index contributed by atoms with van der Waals surface area (Å²) < 4.78 is 0. The lowest BCUT2D eigenvalue weighted by Gasteiger charge is -2.32. The quantitative estimate of drug-likeness (QED) is 0.715. The zero-order chi connectivity index (χ0) is 11.5. The summed E-state index contributed by atoms with van der Waals surface area (Å²) in [6.07, 6.45) is 2.60. The first kappa shape index (κ1) is 12.9. The Morgan fingerprint density at radius 3 is 2.67 bits per heavy atom. The molecule has 0 radical (unpaired) electrons. The zero-order valence-corrected chi connectivity index (χ0v) is 10.6. The molecule has 1 aliphatic rings. The van der Waals surface area contributed by atoms with Gasteiger partial charge in [0.2, 0.25) is 0 Å². The zero-order valence-electron chi connectivity index (χ0n) is 10.6. The van der Waals surface area contributed by atoms with E-state index in [1.54, 1.807) is 0 Å². The predicted octanol–water partition coefficient (Wildman–Crippen LogP) is 0.935. The molecule has 0 amide bonds. The molecule has 1 aliphatic carbocycles. The Balaban J connectivity index is 2.49. The smallest absolute Gasteiger partial charge is 0.0558 e. The molecule has 0 aliphatic heterocycles. The average Bonchev–Trinajstić information content (AvgIpc) is 2.41. The Kier molecular flexibility index (Phi) is 4.56. The monoisotopic (exact) mass is 214 g/mol. The summed E-state index contributed by atoms with van der Waals surface area (Å²) in [6, 6.07) is 0.610. The number of nitrogens with one attached hydrogen (secondary N) is 1. The van der Waals surface area contributed by atoms with E-state index in [1.165, 1.54) is 12.8 Å². The van der Waals surface area contributed by atoms with Gasteiger partial charge in [-0.15, -0.1) is 0 Å². The van der Waals surface area contributed by atoms with Crippen LogP contribution in [0.25, 0.3) is 0 Å². The Hall–Kier alpha value is -0.120. The highest BCUT2D eigenvalue weighted by atomic mass is 16.3. The third-order valence-electron chi connectivity index (χ3n) is 3.81. The first-order valence-corrected chi connectivity index (χ1v) is 5.98. The van der Waals surface area contributed by atoms with Crippen molar-refractivity contribution in [3.05, 3.63) is 0 Å². The SMILES string of the molecule is CNC1C(CN(C)CCO)CCC1(C)C. The molecule has 2 N–H and O–H groups in total. The van der Waals surface area contributed by atoms with E-state index in [2.05, 4.69) is 38.2 Å². The summed E-state index contributed by atoms with van der Waals surface area (Å²) >= 11 is 0. The van der Waals surface area contributed by atoms with E-state index in [4.69, 9.17) is 5.11 Å². The molecule has 1 saturated carbocycles. The van der Waals surface area contributed by atoms with Gasteiger partial charge < -0.3 is 15.3 Å². The molecular weight excluding hydrogens is 188 g/mol. The molecule has 2 atom stereocenters. The Morgan fingerprint density at radius 1 is 1.47 bits per heavy atom. The molecule has 1 fully saturated rings. The van der Waals surface area contributed by atoms with Crippen molar-refractivity contribution >= 4 is 0 Å². The summed E-state index contributed by atoms with van der Waals surface area (Å²) in [5.41, 5.74) is 0.416. The molecule has 0 aromatic heterocycles. The van der Waals surface area contributed by atoms with Gasteiger partial charge >= 0.3 is 0 Å². The lowest BCUT2D eigenvalue weighted by atomic mass is 9.85. The summed E-state index contributed by atoms with van der Waals surface area (Å²) in [5, 5.41) is 12.3. The van der Waals surface area contributed by atoms with E-state index < -0.39 is 0 Å². The van der Waals surface area contributed by atoms with Gasteiger partial charge in [0.1, 0.15) is 0 Å². The maximum absolute atomic E-state index is 8.88. The minimum Gasteiger partial charge on any atom is -0.395 e. The number of rotatable bonds is 5. The number of hydrogen-bond donors (Lipinski definition) is 2. The van der Waals surface area contributed by atoms with E-state index in [1.807, 2.05) is 0 Å². The summed E-state index contributed by atoms with van der Waals surface area (Å²) in [7, 11) is 4.16. The van der Waals surface area contributed by atoms with Crippen LogP contribution >= 0.6 is 0 Å². The summed E-state index contributed by atoms with van der Waals surface area (Å²) in [5.74, 6) is 0.724. The number of aliphatic hydroxyl groups excluding tert-OH is 1. The molecule has 0 spiro atoms. The lowest BCUT2D eigenvalue weighted by molar-refractivity contribution is 0.179. The van der Waals surface area contributed by atoms with Crippen LogP contribution in [0.4, 0.5) is 0 Å². The van der Waals surface area contributed by atoms with Gasteiger partial charge in [-0.2, -0.15) is 0 Å². The fourth-order valence-corrected chi connectivity index (χ4v) is 3.00. The Bertz CT molecular complexity index is 194.